The number of rotatable bonds is 56. The highest BCUT2D eigenvalue weighted by atomic mass is 16.6. The second kappa shape index (κ2) is 61.1. The average Bonchev–Trinajstić information content (AvgIpc) is 3.39. The Bertz CT molecular complexity index is 1400. The summed E-state index contributed by atoms with van der Waals surface area (Å²) < 4.78 is 16.9. The number of carbonyl (C=O) groups excluding carboxylic acids is 3. The quantitative estimate of drug-likeness (QED) is 0.0261. The van der Waals surface area contributed by atoms with Gasteiger partial charge in [0.05, 0.1) is 0 Å². The highest BCUT2D eigenvalue weighted by molar-refractivity contribution is 5.71. The van der Waals surface area contributed by atoms with Crippen molar-refractivity contribution in [3.63, 3.8) is 0 Å². The Hall–Kier alpha value is -3.41. The van der Waals surface area contributed by atoms with Gasteiger partial charge >= 0.3 is 17.9 Å². The molecule has 0 aliphatic rings. The van der Waals surface area contributed by atoms with Crippen LogP contribution < -0.4 is 0 Å². The zero-order chi connectivity index (χ0) is 52.9. The first-order valence-corrected chi connectivity index (χ1v) is 31.1. The Labute approximate surface area is 452 Å². The van der Waals surface area contributed by atoms with E-state index in [0.717, 1.165) is 109 Å². The summed E-state index contributed by atoms with van der Waals surface area (Å²) in [5, 5.41) is 0. The molecule has 0 bridgehead atoms. The van der Waals surface area contributed by atoms with Crippen molar-refractivity contribution in [1.29, 1.82) is 0 Å². The molecule has 0 saturated carbocycles. The van der Waals surface area contributed by atoms with Crippen LogP contribution in [0.3, 0.4) is 0 Å². The summed E-state index contributed by atoms with van der Waals surface area (Å²) in [5.41, 5.74) is 0. The minimum atomic E-state index is -0.785. The molecule has 0 aromatic carbocycles. The van der Waals surface area contributed by atoms with Crippen molar-refractivity contribution in [3.05, 3.63) is 85.1 Å². The maximum absolute atomic E-state index is 12.9. The van der Waals surface area contributed by atoms with Crippen molar-refractivity contribution in [2.75, 3.05) is 13.2 Å². The maximum atomic E-state index is 12.9. The van der Waals surface area contributed by atoms with Gasteiger partial charge in [-0.15, -0.1) is 0 Å². The van der Waals surface area contributed by atoms with Gasteiger partial charge in [-0.3, -0.25) is 14.4 Å². The molecular weight excluding hydrogens is 901 g/mol. The molecule has 0 fully saturated rings. The molecule has 420 valence electrons. The fraction of sp³-hybridized carbons (Fsp3) is 0.746. The number of unbranched alkanes of at least 4 members (excludes halogenated alkanes) is 31. The van der Waals surface area contributed by atoms with Crippen molar-refractivity contribution >= 4 is 17.9 Å². The van der Waals surface area contributed by atoms with Crippen LogP contribution in [0.15, 0.2) is 85.1 Å². The standard InChI is InChI=1S/C67H116O6/c1-4-7-10-13-16-19-22-24-26-28-30-31-32-33-34-35-37-38-40-42-45-48-51-54-57-60-66(69)72-63-64(62-71-65(68)59-56-53-50-47-44-21-18-15-12-9-6-3)73-67(70)61-58-55-52-49-46-43-41-39-36-29-27-25-23-20-17-14-11-8-5-2/h8,11,17,20,22,24-25,27-28,30,32-33,36,39,64H,4-7,9-10,12-16,18-19,21,23,26,29,31,34-35,37-38,40-63H2,1-3H3/b11-8-,20-17-,24-22-,27-25-,30-28-,33-32-,39-36-. The number of hydrogen-bond donors (Lipinski definition) is 0. The summed E-state index contributed by atoms with van der Waals surface area (Å²) in [7, 11) is 0. The predicted molar refractivity (Wildman–Crippen MR) is 316 cm³/mol. The Morgan fingerprint density at radius 2 is 0.534 bits per heavy atom. The van der Waals surface area contributed by atoms with Gasteiger partial charge in [0, 0.05) is 19.3 Å². The number of allylic oxidation sites excluding steroid dienone is 14. The zero-order valence-corrected chi connectivity index (χ0v) is 48.1. The van der Waals surface area contributed by atoms with E-state index in [4.69, 9.17) is 14.2 Å². The maximum Gasteiger partial charge on any atom is 0.306 e. The van der Waals surface area contributed by atoms with Gasteiger partial charge in [0.15, 0.2) is 6.10 Å². The molecule has 0 heterocycles. The highest BCUT2D eigenvalue weighted by Gasteiger charge is 2.19. The number of carbonyl (C=O) groups is 3. The van der Waals surface area contributed by atoms with E-state index >= 15 is 0 Å². The molecule has 0 spiro atoms. The molecule has 0 N–H and O–H groups in total. The first-order chi connectivity index (χ1) is 36.0. The first kappa shape index (κ1) is 69.6. The minimum absolute atomic E-state index is 0.0815. The predicted octanol–water partition coefficient (Wildman–Crippen LogP) is 21.1. The van der Waals surface area contributed by atoms with Crippen LogP contribution in [0.4, 0.5) is 0 Å². The van der Waals surface area contributed by atoms with Crippen LogP contribution in [-0.4, -0.2) is 37.2 Å². The smallest absolute Gasteiger partial charge is 0.306 e. The van der Waals surface area contributed by atoms with E-state index in [1.165, 1.54) is 154 Å². The summed E-state index contributed by atoms with van der Waals surface area (Å²) in [6.45, 7) is 6.52. The first-order valence-electron chi connectivity index (χ1n) is 31.1. The second-order valence-corrected chi connectivity index (χ2v) is 20.6. The Morgan fingerprint density at radius 3 is 0.836 bits per heavy atom. The molecule has 6 heteroatoms. The summed E-state index contributed by atoms with van der Waals surface area (Å²) in [6, 6.07) is 0. The third-order valence-corrected chi connectivity index (χ3v) is 13.4. The van der Waals surface area contributed by atoms with Gasteiger partial charge in [-0.05, 0) is 96.3 Å². The molecule has 0 aromatic rings. The van der Waals surface area contributed by atoms with Crippen LogP contribution in [-0.2, 0) is 28.6 Å². The fourth-order valence-electron chi connectivity index (χ4n) is 8.74. The fourth-order valence-corrected chi connectivity index (χ4v) is 8.74. The van der Waals surface area contributed by atoms with E-state index in [0.29, 0.717) is 19.3 Å². The molecule has 1 unspecified atom stereocenters. The lowest BCUT2D eigenvalue weighted by molar-refractivity contribution is -0.167. The van der Waals surface area contributed by atoms with E-state index in [1.807, 2.05) is 0 Å². The van der Waals surface area contributed by atoms with E-state index in [-0.39, 0.29) is 31.1 Å². The summed E-state index contributed by atoms with van der Waals surface area (Å²) in [6.07, 6.45) is 80.1. The molecule has 0 radical (unpaired) electrons. The lowest BCUT2D eigenvalue weighted by Gasteiger charge is -2.18. The number of ether oxygens (including phenoxy) is 3. The molecule has 1 atom stereocenters. The number of hydrogen-bond acceptors (Lipinski definition) is 6. The summed E-state index contributed by atoms with van der Waals surface area (Å²) in [5.74, 6) is -0.891. The highest BCUT2D eigenvalue weighted by Crippen LogP contribution is 2.16. The van der Waals surface area contributed by atoms with Gasteiger partial charge in [0.1, 0.15) is 13.2 Å². The minimum Gasteiger partial charge on any atom is -0.462 e. The van der Waals surface area contributed by atoms with Crippen molar-refractivity contribution in [3.8, 4) is 0 Å². The average molecular weight is 1020 g/mol. The van der Waals surface area contributed by atoms with Crippen molar-refractivity contribution in [1.82, 2.24) is 0 Å². The van der Waals surface area contributed by atoms with E-state index in [9.17, 15) is 14.4 Å². The largest absolute Gasteiger partial charge is 0.462 e. The Balaban J connectivity index is 4.30. The van der Waals surface area contributed by atoms with Crippen LogP contribution in [0.2, 0.25) is 0 Å². The van der Waals surface area contributed by atoms with Gasteiger partial charge in [-0.25, -0.2) is 0 Å². The molecule has 0 saturated heterocycles. The van der Waals surface area contributed by atoms with Gasteiger partial charge in [-0.2, -0.15) is 0 Å². The Kier molecular flexibility index (Phi) is 58.3. The molecule has 0 amide bonds. The zero-order valence-electron chi connectivity index (χ0n) is 48.1. The van der Waals surface area contributed by atoms with Crippen LogP contribution in [0.25, 0.3) is 0 Å². The lowest BCUT2D eigenvalue weighted by Crippen LogP contribution is -2.30. The molecule has 0 aromatic heterocycles. The molecule has 0 aliphatic carbocycles. The van der Waals surface area contributed by atoms with E-state index < -0.39 is 6.10 Å². The SMILES string of the molecule is CC/C=C\C/C=C\C/C=C\C/C=C\CCCCCCCCC(=O)OC(COC(=O)CCCCCCCCCCCCC)COC(=O)CCCCCCCCCCCC/C=C\C/C=C\C/C=C\CCCCCCC. The van der Waals surface area contributed by atoms with Gasteiger partial charge in [0.2, 0.25) is 0 Å². The van der Waals surface area contributed by atoms with Crippen LogP contribution in [0, 0.1) is 0 Å². The van der Waals surface area contributed by atoms with Crippen LogP contribution >= 0.6 is 0 Å². The van der Waals surface area contributed by atoms with Crippen LogP contribution in [0.1, 0.15) is 303 Å². The van der Waals surface area contributed by atoms with Crippen molar-refractivity contribution < 1.29 is 28.6 Å². The molecule has 6 nitrogen and oxygen atoms in total. The lowest BCUT2D eigenvalue weighted by atomic mass is 10.0. The van der Waals surface area contributed by atoms with Gasteiger partial charge < -0.3 is 14.2 Å². The summed E-state index contributed by atoms with van der Waals surface area (Å²) >= 11 is 0. The van der Waals surface area contributed by atoms with Crippen molar-refractivity contribution in [2.24, 2.45) is 0 Å². The molecule has 0 rings (SSSR count). The normalized spacial score (nSPS) is 12.6. The molecule has 73 heavy (non-hydrogen) atoms. The third kappa shape index (κ3) is 59.3. The topological polar surface area (TPSA) is 78.9 Å². The van der Waals surface area contributed by atoms with E-state index in [1.54, 1.807) is 0 Å². The third-order valence-electron chi connectivity index (χ3n) is 13.4. The summed E-state index contributed by atoms with van der Waals surface area (Å²) in [4.78, 5) is 38.2. The Morgan fingerprint density at radius 1 is 0.288 bits per heavy atom. The monoisotopic (exact) mass is 1020 g/mol. The number of esters is 3. The molecule has 0 aliphatic heterocycles. The van der Waals surface area contributed by atoms with Crippen LogP contribution in [0.5, 0.6) is 0 Å². The van der Waals surface area contributed by atoms with Gasteiger partial charge in [-0.1, -0.05) is 273 Å². The van der Waals surface area contributed by atoms with Gasteiger partial charge in [0.25, 0.3) is 0 Å². The van der Waals surface area contributed by atoms with E-state index in [2.05, 4.69) is 106 Å². The molecular formula is C67H116O6. The second-order valence-electron chi connectivity index (χ2n) is 20.6. The van der Waals surface area contributed by atoms with Crippen molar-refractivity contribution in [2.45, 2.75) is 309 Å².